The molecule has 128 valence electrons. The van der Waals surface area contributed by atoms with Crippen LogP contribution in [0.2, 0.25) is 0 Å². The molecule has 6 heteroatoms. The summed E-state index contributed by atoms with van der Waals surface area (Å²) in [6.45, 7) is 2.35. The van der Waals surface area contributed by atoms with Gasteiger partial charge in [0.15, 0.2) is 0 Å². The van der Waals surface area contributed by atoms with Crippen LogP contribution < -0.4 is 0 Å². The lowest BCUT2D eigenvalue weighted by molar-refractivity contribution is 0.0704. The first kappa shape index (κ1) is 16.0. The van der Waals surface area contributed by atoms with Crippen molar-refractivity contribution in [2.24, 2.45) is 0 Å². The minimum Gasteiger partial charge on any atom is -0.338 e. The third kappa shape index (κ3) is 3.49. The van der Waals surface area contributed by atoms with E-state index in [4.69, 9.17) is 0 Å². The molecule has 1 aliphatic rings. The van der Waals surface area contributed by atoms with Gasteiger partial charge in [0, 0.05) is 55.7 Å². The second-order valence-electron chi connectivity index (χ2n) is 6.37. The maximum Gasteiger partial charge on any atom is 0.254 e. The van der Waals surface area contributed by atoms with E-state index >= 15 is 0 Å². The molecule has 3 aromatic rings. The number of piperidine rings is 1. The Kier molecular flexibility index (Phi) is 4.61. The first-order chi connectivity index (χ1) is 12.3. The Balaban J connectivity index is 1.50. The summed E-state index contributed by atoms with van der Waals surface area (Å²) < 4.78 is 2.19. The van der Waals surface area contributed by atoms with E-state index in [2.05, 4.69) is 14.5 Å². The van der Waals surface area contributed by atoms with Crippen LogP contribution >= 0.6 is 11.3 Å². The number of nitrogens with zero attached hydrogens (tertiary/aromatic N) is 4. The molecule has 1 fully saturated rings. The van der Waals surface area contributed by atoms with Crippen molar-refractivity contribution in [3.63, 3.8) is 0 Å². The maximum atomic E-state index is 12.7. The molecule has 1 unspecified atom stereocenters. The van der Waals surface area contributed by atoms with E-state index in [1.165, 1.54) is 5.56 Å². The SMILES string of the molecule is O=C(c1ccsc1)N1CCCC(c2nccn2Cc2ccncc2)C1. The van der Waals surface area contributed by atoms with Crippen molar-refractivity contribution in [3.8, 4) is 0 Å². The van der Waals surface area contributed by atoms with Crippen molar-refractivity contribution in [3.05, 3.63) is 70.7 Å². The van der Waals surface area contributed by atoms with Gasteiger partial charge in [0.1, 0.15) is 5.82 Å². The van der Waals surface area contributed by atoms with Crippen LogP contribution in [0, 0.1) is 0 Å². The van der Waals surface area contributed by atoms with Gasteiger partial charge < -0.3 is 9.47 Å². The monoisotopic (exact) mass is 352 g/mol. The van der Waals surface area contributed by atoms with Crippen LogP contribution in [0.4, 0.5) is 0 Å². The number of imidazole rings is 1. The fraction of sp³-hybridized carbons (Fsp3) is 0.316. The summed E-state index contributed by atoms with van der Waals surface area (Å²) in [7, 11) is 0. The fourth-order valence-electron chi connectivity index (χ4n) is 3.44. The highest BCUT2D eigenvalue weighted by molar-refractivity contribution is 7.08. The molecule has 1 atom stereocenters. The third-order valence-electron chi connectivity index (χ3n) is 4.69. The molecule has 5 nitrogen and oxygen atoms in total. The molecule has 1 amide bonds. The van der Waals surface area contributed by atoms with Crippen LogP contribution in [0.15, 0.2) is 53.7 Å². The first-order valence-electron chi connectivity index (χ1n) is 8.52. The molecule has 4 rings (SSSR count). The Bertz CT molecular complexity index is 828. The largest absolute Gasteiger partial charge is 0.338 e. The van der Waals surface area contributed by atoms with E-state index in [-0.39, 0.29) is 11.8 Å². The molecule has 0 aromatic carbocycles. The predicted molar refractivity (Wildman–Crippen MR) is 97.8 cm³/mol. The molecular weight excluding hydrogens is 332 g/mol. The third-order valence-corrected chi connectivity index (χ3v) is 5.38. The van der Waals surface area contributed by atoms with Gasteiger partial charge in [-0.3, -0.25) is 9.78 Å². The molecule has 0 radical (unpaired) electrons. The van der Waals surface area contributed by atoms with Crippen molar-refractivity contribution >= 4 is 17.2 Å². The van der Waals surface area contributed by atoms with E-state index in [1.807, 2.05) is 58.6 Å². The number of hydrogen-bond donors (Lipinski definition) is 0. The van der Waals surface area contributed by atoms with Crippen LogP contribution in [0.3, 0.4) is 0 Å². The average Bonchev–Trinajstić information content (AvgIpc) is 3.34. The van der Waals surface area contributed by atoms with Crippen molar-refractivity contribution < 1.29 is 4.79 Å². The average molecular weight is 352 g/mol. The van der Waals surface area contributed by atoms with E-state index in [1.54, 1.807) is 11.3 Å². The zero-order chi connectivity index (χ0) is 17.1. The lowest BCUT2D eigenvalue weighted by Gasteiger charge is -2.32. The van der Waals surface area contributed by atoms with Crippen molar-refractivity contribution in [1.29, 1.82) is 0 Å². The van der Waals surface area contributed by atoms with Gasteiger partial charge in [-0.15, -0.1) is 0 Å². The minimum absolute atomic E-state index is 0.137. The molecule has 25 heavy (non-hydrogen) atoms. The molecule has 0 N–H and O–H groups in total. The molecule has 1 aliphatic heterocycles. The predicted octanol–water partition coefficient (Wildman–Crippen LogP) is 3.41. The second kappa shape index (κ2) is 7.19. The molecule has 0 saturated carbocycles. The van der Waals surface area contributed by atoms with Gasteiger partial charge >= 0.3 is 0 Å². The first-order valence-corrected chi connectivity index (χ1v) is 9.47. The number of thiophene rings is 1. The van der Waals surface area contributed by atoms with E-state index in [9.17, 15) is 4.79 Å². The van der Waals surface area contributed by atoms with E-state index in [0.717, 1.165) is 43.9 Å². The van der Waals surface area contributed by atoms with Crippen LogP contribution in [0.25, 0.3) is 0 Å². The lowest BCUT2D eigenvalue weighted by Crippen LogP contribution is -2.39. The quantitative estimate of drug-likeness (QED) is 0.723. The summed E-state index contributed by atoms with van der Waals surface area (Å²) in [4.78, 5) is 23.3. The van der Waals surface area contributed by atoms with Crippen molar-refractivity contribution in [2.45, 2.75) is 25.3 Å². The van der Waals surface area contributed by atoms with Gasteiger partial charge in [-0.1, -0.05) is 0 Å². The Morgan fingerprint density at radius 2 is 2.12 bits per heavy atom. The van der Waals surface area contributed by atoms with Gasteiger partial charge in [0.05, 0.1) is 5.56 Å². The molecule has 0 spiro atoms. The van der Waals surface area contributed by atoms with Crippen LogP contribution in [0.1, 0.15) is 40.5 Å². The number of pyridine rings is 1. The van der Waals surface area contributed by atoms with Crippen molar-refractivity contribution in [1.82, 2.24) is 19.4 Å². The molecule has 4 heterocycles. The van der Waals surface area contributed by atoms with Crippen LogP contribution in [-0.4, -0.2) is 38.4 Å². The standard InChI is InChI=1S/C19H20N4OS/c24-19(17-5-11-25-14-17)23-9-1-2-16(13-23)18-21-8-10-22(18)12-15-3-6-20-7-4-15/h3-8,10-11,14,16H,1-2,9,12-13H2. The summed E-state index contributed by atoms with van der Waals surface area (Å²) >= 11 is 1.57. The fourth-order valence-corrected chi connectivity index (χ4v) is 4.07. The summed E-state index contributed by atoms with van der Waals surface area (Å²) in [5, 5.41) is 3.88. The second-order valence-corrected chi connectivity index (χ2v) is 7.15. The molecule has 0 aliphatic carbocycles. The lowest BCUT2D eigenvalue weighted by atomic mass is 9.96. The smallest absolute Gasteiger partial charge is 0.254 e. The summed E-state index contributed by atoms with van der Waals surface area (Å²) in [5.41, 5.74) is 2.00. The Morgan fingerprint density at radius 1 is 1.24 bits per heavy atom. The summed E-state index contributed by atoms with van der Waals surface area (Å²) in [6, 6.07) is 5.95. The molecule has 3 aromatic heterocycles. The van der Waals surface area contributed by atoms with E-state index in [0.29, 0.717) is 0 Å². The zero-order valence-corrected chi connectivity index (χ0v) is 14.7. The topological polar surface area (TPSA) is 51.0 Å². The van der Waals surface area contributed by atoms with Crippen molar-refractivity contribution in [2.75, 3.05) is 13.1 Å². The van der Waals surface area contributed by atoms with Gasteiger partial charge in [-0.05, 0) is 42.0 Å². The highest BCUT2D eigenvalue weighted by Gasteiger charge is 2.28. The number of amides is 1. The zero-order valence-electron chi connectivity index (χ0n) is 13.9. The van der Waals surface area contributed by atoms with Gasteiger partial charge in [0.2, 0.25) is 0 Å². The normalized spacial score (nSPS) is 17.6. The number of likely N-dealkylation sites (tertiary alicyclic amines) is 1. The van der Waals surface area contributed by atoms with Crippen LogP contribution in [0.5, 0.6) is 0 Å². The Morgan fingerprint density at radius 3 is 2.92 bits per heavy atom. The Labute approximate surface area is 151 Å². The number of aromatic nitrogens is 3. The highest BCUT2D eigenvalue weighted by Crippen LogP contribution is 2.27. The molecule has 1 saturated heterocycles. The maximum absolute atomic E-state index is 12.7. The van der Waals surface area contributed by atoms with Gasteiger partial charge in [-0.25, -0.2) is 4.98 Å². The Hall–Kier alpha value is -2.47. The number of rotatable bonds is 4. The molecule has 0 bridgehead atoms. The molecular formula is C19H20N4OS. The summed E-state index contributed by atoms with van der Waals surface area (Å²) in [6.07, 6.45) is 9.59. The number of carbonyl (C=O) groups is 1. The number of hydrogen-bond acceptors (Lipinski definition) is 4. The number of carbonyl (C=O) groups excluding carboxylic acids is 1. The van der Waals surface area contributed by atoms with Gasteiger partial charge in [-0.2, -0.15) is 11.3 Å². The highest BCUT2D eigenvalue weighted by atomic mass is 32.1. The summed E-state index contributed by atoms with van der Waals surface area (Å²) in [5.74, 6) is 1.49. The van der Waals surface area contributed by atoms with E-state index < -0.39 is 0 Å². The van der Waals surface area contributed by atoms with Gasteiger partial charge in [0.25, 0.3) is 5.91 Å². The minimum atomic E-state index is 0.137. The van der Waals surface area contributed by atoms with Crippen LogP contribution in [-0.2, 0) is 6.54 Å².